The summed E-state index contributed by atoms with van der Waals surface area (Å²) in [6, 6.07) is 4.51. The Bertz CT molecular complexity index is 637. The normalized spacial score (nSPS) is 10.3. The third-order valence-electron chi connectivity index (χ3n) is 2.90. The van der Waals surface area contributed by atoms with Gasteiger partial charge in [0.2, 0.25) is 0 Å². The maximum atomic E-state index is 12.2. The highest BCUT2D eigenvalue weighted by molar-refractivity contribution is 7.15. The van der Waals surface area contributed by atoms with Crippen molar-refractivity contribution >= 4 is 22.4 Å². The summed E-state index contributed by atoms with van der Waals surface area (Å²) >= 11 is 1.42. The van der Waals surface area contributed by atoms with Crippen LogP contribution in [0.25, 0.3) is 0 Å². The molecule has 106 valence electrons. The van der Waals surface area contributed by atoms with Crippen LogP contribution in [0.1, 0.15) is 27.9 Å². The van der Waals surface area contributed by atoms with Gasteiger partial charge in [-0.1, -0.05) is 6.92 Å². The minimum atomic E-state index is -0.405. The summed E-state index contributed by atoms with van der Waals surface area (Å²) in [6.45, 7) is 3.98. The van der Waals surface area contributed by atoms with Crippen molar-refractivity contribution in [2.75, 3.05) is 12.4 Å². The summed E-state index contributed by atoms with van der Waals surface area (Å²) in [7, 11) is 1.51. The van der Waals surface area contributed by atoms with Gasteiger partial charge in [0.1, 0.15) is 11.5 Å². The number of hydrogen-bond donors (Lipinski definition) is 2. The number of aromatic hydroxyl groups is 1. The number of carbonyl (C=O) groups excluding carboxylic acids is 1. The first kappa shape index (κ1) is 14.3. The van der Waals surface area contributed by atoms with Crippen LogP contribution in [0, 0.1) is 6.92 Å². The number of phenolic OH excluding ortho intramolecular Hbond substituents is 1. The van der Waals surface area contributed by atoms with Crippen molar-refractivity contribution in [1.29, 1.82) is 0 Å². The zero-order chi connectivity index (χ0) is 14.7. The van der Waals surface area contributed by atoms with Crippen LogP contribution in [0.3, 0.4) is 0 Å². The van der Waals surface area contributed by atoms with Crippen molar-refractivity contribution in [3.63, 3.8) is 0 Å². The minimum Gasteiger partial charge on any atom is -0.507 e. The Kier molecular flexibility index (Phi) is 4.24. The highest BCUT2D eigenvalue weighted by Gasteiger charge is 2.15. The first-order valence-electron chi connectivity index (χ1n) is 6.19. The Morgan fingerprint density at radius 2 is 2.25 bits per heavy atom. The topological polar surface area (TPSA) is 71.5 Å². The molecule has 1 heterocycles. The van der Waals surface area contributed by atoms with Crippen LogP contribution in [0.5, 0.6) is 11.5 Å². The van der Waals surface area contributed by atoms with Crippen molar-refractivity contribution in [3.05, 3.63) is 34.3 Å². The third kappa shape index (κ3) is 2.91. The predicted molar refractivity (Wildman–Crippen MR) is 78.8 cm³/mol. The molecule has 0 aliphatic carbocycles. The van der Waals surface area contributed by atoms with E-state index in [-0.39, 0.29) is 11.3 Å². The molecule has 2 N–H and O–H groups in total. The lowest BCUT2D eigenvalue weighted by atomic mass is 10.2. The molecule has 20 heavy (non-hydrogen) atoms. The maximum Gasteiger partial charge on any atom is 0.261 e. The van der Waals surface area contributed by atoms with Crippen LogP contribution in [-0.4, -0.2) is 23.1 Å². The number of phenols is 1. The summed E-state index contributed by atoms with van der Waals surface area (Å²) in [5.41, 5.74) is 1.13. The molecule has 0 aliphatic heterocycles. The molecule has 0 saturated carbocycles. The number of aryl methyl sites for hydroxylation is 2. The second kappa shape index (κ2) is 5.92. The zero-order valence-corrected chi connectivity index (χ0v) is 12.4. The van der Waals surface area contributed by atoms with Gasteiger partial charge in [0.25, 0.3) is 5.91 Å². The van der Waals surface area contributed by atoms with E-state index in [1.807, 2.05) is 13.8 Å². The summed E-state index contributed by atoms with van der Waals surface area (Å²) in [4.78, 5) is 17.6. The van der Waals surface area contributed by atoms with Crippen molar-refractivity contribution < 1.29 is 14.6 Å². The number of thiazole rings is 1. The number of benzene rings is 1. The van der Waals surface area contributed by atoms with Crippen LogP contribution >= 0.6 is 11.3 Å². The number of nitrogens with zero attached hydrogens (tertiary/aromatic N) is 1. The first-order valence-corrected chi connectivity index (χ1v) is 7.01. The van der Waals surface area contributed by atoms with Crippen molar-refractivity contribution in [3.8, 4) is 11.5 Å². The molecular weight excluding hydrogens is 276 g/mol. The molecule has 0 fully saturated rings. The highest BCUT2D eigenvalue weighted by atomic mass is 32.1. The Hall–Kier alpha value is -2.08. The molecule has 1 aromatic carbocycles. The molecule has 1 aromatic heterocycles. The number of ether oxygens (including phenoxy) is 1. The molecular formula is C14H16N2O3S. The van der Waals surface area contributed by atoms with Gasteiger partial charge in [0.05, 0.1) is 18.4 Å². The number of carbonyl (C=O) groups is 1. The molecule has 0 aliphatic rings. The van der Waals surface area contributed by atoms with Gasteiger partial charge < -0.3 is 9.84 Å². The number of aromatic nitrogens is 1. The number of nitrogens with one attached hydrogen (secondary N) is 1. The lowest BCUT2D eigenvalue weighted by molar-refractivity contribution is 0.102. The quantitative estimate of drug-likeness (QED) is 0.908. The van der Waals surface area contributed by atoms with E-state index in [0.29, 0.717) is 10.9 Å². The van der Waals surface area contributed by atoms with Crippen LogP contribution in [0.4, 0.5) is 5.13 Å². The summed E-state index contributed by atoms with van der Waals surface area (Å²) in [5.74, 6) is 0.0163. The molecule has 0 spiro atoms. The van der Waals surface area contributed by atoms with Crippen molar-refractivity contribution in [2.24, 2.45) is 0 Å². The monoisotopic (exact) mass is 292 g/mol. The van der Waals surface area contributed by atoms with Crippen LogP contribution in [-0.2, 0) is 6.42 Å². The fourth-order valence-electron chi connectivity index (χ4n) is 1.80. The number of amides is 1. The fourth-order valence-corrected chi connectivity index (χ4v) is 2.70. The van der Waals surface area contributed by atoms with Gasteiger partial charge in [-0.2, -0.15) is 0 Å². The van der Waals surface area contributed by atoms with E-state index in [0.717, 1.165) is 17.0 Å². The van der Waals surface area contributed by atoms with Gasteiger partial charge in [-0.3, -0.25) is 10.1 Å². The van der Waals surface area contributed by atoms with E-state index < -0.39 is 5.91 Å². The second-order valence-electron chi connectivity index (χ2n) is 4.21. The standard InChI is InChI=1S/C14H16N2O3S/c1-4-11-8(2)20-14(15-11)16-13(18)10-7-9(19-3)5-6-12(10)17/h5-7,17H,4H2,1-3H3,(H,15,16,18). The molecule has 5 nitrogen and oxygen atoms in total. The molecule has 0 saturated heterocycles. The molecule has 6 heteroatoms. The second-order valence-corrected chi connectivity index (χ2v) is 5.42. The smallest absolute Gasteiger partial charge is 0.261 e. The Labute approximate surface area is 121 Å². The van der Waals surface area contributed by atoms with Gasteiger partial charge in [-0.05, 0) is 31.5 Å². The molecule has 0 radical (unpaired) electrons. The van der Waals surface area contributed by atoms with Gasteiger partial charge in [-0.25, -0.2) is 4.98 Å². The first-order chi connectivity index (χ1) is 9.55. The lowest BCUT2D eigenvalue weighted by Crippen LogP contribution is -2.12. The Morgan fingerprint density at radius 1 is 1.50 bits per heavy atom. The summed E-state index contributed by atoms with van der Waals surface area (Å²) in [5, 5.41) is 13.0. The molecule has 2 aromatic rings. The van der Waals surface area contributed by atoms with Gasteiger partial charge in [-0.15, -0.1) is 11.3 Å². The van der Waals surface area contributed by atoms with Crippen molar-refractivity contribution in [1.82, 2.24) is 4.98 Å². The number of methoxy groups -OCH3 is 1. The molecule has 2 rings (SSSR count). The van der Waals surface area contributed by atoms with Gasteiger partial charge in [0, 0.05) is 4.88 Å². The van der Waals surface area contributed by atoms with E-state index in [9.17, 15) is 9.90 Å². The molecule has 0 atom stereocenters. The van der Waals surface area contributed by atoms with E-state index >= 15 is 0 Å². The maximum absolute atomic E-state index is 12.2. The largest absolute Gasteiger partial charge is 0.507 e. The van der Waals surface area contributed by atoms with Crippen molar-refractivity contribution in [2.45, 2.75) is 20.3 Å². The highest BCUT2D eigenvalue weighted by Crippen LogP contribution is 2.26. The number of anilines is 1. The lowest BCUT2D eigenvalue weighted by Gasteiger charge is -2.06. The van der Waals surface area contributed by atoms with Crippen LogP contribution < -0.4 is 10.1 Å². The summed E-state index contributed by atoms with van der Waals surface area (Å²) in [6.07, 6.45) is 0.822. The van der Waals surface area contributed by atoms with Crippen LogP contribution in [0.2, 0.25) is 0 Å². The average Bonchev–Trinajstić information content (AvgIpc) is 2.79. The van der Waals surface area contributed by atoms with E-state index in [4.69, 9.17) is 4.74 Å². The Morgan fingerprint density at radius 3 is 2.85 bits per heavy atom. The Balaban J connectivity index is 2.23. The SMILES string of the molecule is CCc1nc(NC(=O)c2cc(OC)ccc2O)sc1C. The van der Waals surface area contributed by atoms with E-state index in [1.165, 1.54) is 30.6 Å². The fraction of sp³-hybridized carbons (Fsp3) is 0.286. The number of hydrogen-bond acceptors (Lipinski definition) is 5. The minimum absolute atomic E-state index is 0.0905. The predicted octanol–water partition coefficient (Wildman–Crippen LogP) is 2.98. The van der Waals surface area contributed by atoms with E-state index in [2.05, 4.69) is 10.3 Å². The molecule has 0 unspecified atom stereocenters. The number of rotatable bonds is 4. The van der Waals surface area contributed by atoms with Gasteiger partial charge in [0.15, 0.2) is 5.13 Å². The van der Waals surface area contributed by atoms with E-state index in [1.54, 1.807) is 6.07 Å². The molecule has 1 amide bonds. The average molecular weight is 292 g/mol. The molecule has 0 bridgehead atoms. The van der Waals surface area contributed by atoms with Gasteiger partial charge >= 0.3 is 0 Å². The van der Waals surface area contributed by atoms with Crippen LogP contribution in [0.15, 0.2) is 18.2 Å². The third-order valence-corrected chi connectivity index (χ3v) is 3.82. The summed E-state index contributed by atoms with van der Waals surface area (Å²) < 4.78 is 5.05. The zero-order valence-electron chi connectivity index (χ0n) is 11.6.